The number of aromatic nitrogens is 1. The summed E-state index contributed by atoms with van der Waals surface area (Å²) in [5.41, 5.74) is 0.129. The van der Waals surface area contributed by atoms with E-state index in [1.54, 1.807) is 14.0 Å². The molecule has 13 heavy (non-hydrogen) atoms. The van der Waals surface area contributed by atoms with E-state index in [0.717, 1.165) is 0 Å². The fraction of sp³-hybridized carbons (Fsp3) is 0.500. The minimum atomic E-state index is -0.983. The van der Waals surface area contributed by atoms with Crippen LogP contribution in [0.4, 0.5) is 0 Å². The summed E-state index contributed by atoms with van der Waals surface area (Å²) >= 11 is 1.36. The highest BCUT2D eigenvalue weighted by molar-refractivity contribution is 7.11. The van der Waals surface area contributed by atoms with Gasteiger partial charge in [0, 0.05) is 12.0 Å². The highest BCUT2D eigenvalue weighted by atomic mass is 32.1. The highest BCUT2D eigenvalue weighted by Gasteiger charge is 2.17. The van der Waals surface area contributed by atoms with Gasteiger partial charge in [-0.05, 0) is 13.8 Å². The highest BCUT2D eigenvalue weighted by Crippen LogP contribution is 2.24. The van der Waals surface area contributed by atoms with Crippen LogP contribution in [0.3, 0.4) is 0 Å². The van der Waals surface area contributed by atoms with Crippen molar-refractivity contribution in [2.24, 2.45) is 0 Å². The molecule has 0 fully saturated rings. The number of rotatable bonds is 3. The lowest BCUT2D eigenvalue weighted by Crippen LogP contribution is -2.00. The van der Waals surface area contributed by atoms with Crippen molar-refractivity contribution >= 4 is 17.3 Å². The van der Waals surface area contributed by atoms with E-state index in [2.05, 4.69) is 4.98 Å². The zero-order valence-electron chi connectivity index (χ0n) is 7.70. The maximum absolute atomic E-state index is 10.6. The molecular formula is C8H11NO3S. The fourth-order valence-electron chi connectivity index (χ4n) is 0.890. The first-order valence-corrected chi connectivity index (χ1v) is 4.61. The second-order valence-electron chi connectivity index (χ2n) is 2.64. The van der Waals surface area contributed by atoms with E-state index in [4.69, 9.17) is 9.84 Å². The lowest BCUT2D eigenvalue weighted by Gasteiger charge is -2.02. The molecule has 0 amide bonds. The van der Waals surface area contributed by atoms with Crippen LogP contribution in [0.2, 0.25) is 0 Å². The minimum Gasteiger partial charge on any atom is -0.476 e. The molecule has 0 aliphatic carbocycles. The van der Waals surface area contributed by atoms with Gasteiger partial charge in [0.15, 0.2) is 5.69 Å². The van der Waals surface area contributed by atoms with Gasteiger partial charge >= 0.3 is 5.97 Å². The second kappa shape index (κ2) is 3.85. The number of thiazole rings is 1. The number of aromatic carboxylic acids is 1. The van der Waals surface area contributed by atoms with E-state index in [1.807, 2.05) is 6.92 Å². The molecule has 1 atom stereocenters. The van der Waals surface area contributed by atoms with Crippen molar-refractivity contribution in [1.82, 2.24) is 4.98 Å². The van der Waals surface area contributed by atoms with Crippen LogP contribution in [0.1, 0.15) is 33.4 Å². The first kappa shape index (κ1) is 10.1. The molecule has 0 saturated carbocycles. The Morgan fingerprint density at radius 3 is 2.69 bits per heavy atom. The van der Waals surface area contributed by atoms with E-state index in [9.17, 15) is 4.79 Å². The van der Waals surface area contributed by atoms with Gasteiger partial charge in [-0.3, -0.25) is 0 Å². The molecule has 4 nitrogen and oxygen atoms in total. The molecular weight excluding hydrogens is 190 g/mol. The van der Waals surface area contributed by atoms with Crippen molar-refractivity contribution in [3.63, 3.8) is 0 Å². The number of carboxylic acid groups (broad SMARTS) is 1. The molecule has 5 heteroatoms. The summed E-state index contributed by atoms with van der Waals surface area (Å²) in [6.07, 6.45) is -0.142. The predicted molar refractivity (Wildman–Crippen MR) is 49.2 cm³/mol. The molecule has 72 valence electrons. The summed E-state index contributed by atoms with van der Waals surface area (Å²) in [6.45, 7) is 3.58. The van der Waals surface area contributed by atoms with Gasteiger partial charge in [-0.25, -0.2) is 9.78 Å². The zero-order valence-corrected chi connectivity index (χ0v) is 8.51. The number of aryl methyl sites for hydroxylation is 1. The molecule has 1 rings (SSSR count). The van der Waals surface area contributed by atoms with Gasteiger partial charge in [0.2, 0.25) is 0 Å². The van der Waals surface area contributed by atoms with Gasteiger partial charge in [0.25, 0.3) is 0 Å². The third-order valence-electron chi connectivity index (χ3n) is 1.72. The van der Waals surface area contributed by atoms with Crippen LogP contribution in [-0.2, 0) is 4.74 Å². The van der Waals surface area contributed by atoms with Crippen LogP contribution >= 0.6 is 11.3 Å². The molecule has 0 spiro atoms. The molecule has 1 aromatic rings. The van der Waals surface area contributed by atoms with Crippen LogP contribution in [-0.4, -0.2) is 23.2 Å². The van der Waals surface area contributed by atoms with E-state index >= 15 is 0 Å². The molecule has 1 heterocycles. The topological polar surface area (TPSA) is 59.4 Å². The zero-order chi connectivity index (χ0) is 10.0. The molecule has 1 unspecified atom stereocenters. The number of carboxylic acids is 1. The maximum Gasteiger partial charge on any atom is 0.355 e. The first-order valence-electron chi connectivity index (χ1n) is 3.79. The molecule has 0 bridgehead atoms. The lowest BCUT2D eigenvalue weighted by atomic mass is 10.4. The van der Waals surface area contributed by atoms with Crippen LogP contribution in [0.5, 0.6) is 0 Å². The summed E-state index contributed by atoms with van der Waals surface area (Å²) in [5, 5.41) is 9.44. The summed E-state index contributed by atoms with van der Waals surface area (Å²) in [6, 6.07) is 0. The number of methoxy groups -OCH3 is 1. The van der Waals surface area contributed by atoms with Gasteiger partial charge in [0.1, 0.15) is 11.1 Å². The van der Waals surface area contributed by atoms with Crippen molar-refractivity contribution in [2.45, 2.75) is 20.0 Å². The Hall–Kier alpha value is -0.940. The Labute approximate surface area is 80.2 Å². The molecule has 1 aromatic heterocycles. The van der Waals surface area contributed by atoms with E-state index in [-0.39, 0.29) is 11.8 Å². The summed E-state index contributed by atoms with van der Waals surface area (Å²) < 4.78 is 5.04. The molecule has 0 aliphatic heterocycles. The van der Waals surface area contributed by atoms with Crippen LogP contribution < -0.4 is 0 Å². The quantitative estimate of drug-likeness (QED) is 0.810. The maximum atomic E-state index is 10.6. The Bertz CT molecular complexity index is 321. The van der Waals surface area contributed by atoms with Gasteiger partial charge in [-0.1, -0.05) is 0 Å². The van der Waals surface area contributed by atoms with E-state index in [1.165, 1.54) is 11.3 Å². The monoisotopic (exact) mass is 201 g/mol. The van der Waals surface area contributed by atoms with Gasteiger partial charge in [-0.2, -0.15) is 0 Å². The van der Waals surface area contributed by atoms with Crippen molar-refractivity contribution in [1.29, 1.82) is 0 Å². The van der Waals surface area contributed by atoms with E-state index < -0.39 is 5.97 Å². The number of carbonyl (C=O) groups is 1. The van der Waals surface area contributed by atoms with Crippen LogP contribution in [0.15, 0.2) is 0 Å². The number of hydrogen-bond donors (Lipinski definition) is 1. The van der Waals surface area contributed by atoms with E-state index in [0.29, 0.717) is 9.88 Å². The lowest BCUT2D eigenvalue weighted by molar-refractivity contribution is 0.0689. The SMILES string of the molecule is COC(C)c1nc(C(=O)O)c(C)s1. The fourth-order valence-corrected chi connectivity index (χ4v) is 1.83. The predicted octanol–water partition coefficient (Wildman–Crippen LogP) is 1.86. The van der Waals surface area contributed by atoms with Gasteiger partial charge in [0.05, 0.1) is 0 Å². The molecule has 0 saturated heterocycles. The third-order valence-corrected chi connectivity index (χ3v) is 2.85. The Morgan fingerprint density at radius 1 is 1.69 bits per heavy atom. The number of nitrogens with zero attached hydrogens (tertiary/aromatic N) is 1. The molecule has 0 radical (unpaired) electrons. The summed E-state index contributed by atoms with van der Waals surface area (Å²) in [4.78, 5) is 15.3. The van der Waals surface area contributed by atoms with Gasteiger partial charge in [-0.15, -0.1) is 11.3 Å². The minimum absolute atomic E-state index is 0.129. The Balaban J connectivity index is 3.01. The molecule has 0 aliphatic rings. The largest absolute Gasteiger partial charge is 0.476 e. The number of hydrogen-bond acceptors (Lipinski definition) is 4. The van der Waals surface area contributed by atoms with Crippen LogP contribution in [0.25, 0.3) is 0 Å². The normalized spacial score (nSPS) is 12.8. The van der Waals surface area contributed by atoms with Crippen LogP contribution in [0, 0.1) is 6.92 Å². The van der Waals surface area contributed by atoms with Crippen molar-refractivity contribution in [2.75, 3.05) is 7.11 Å². The number of ether oxygens (including phenoxy) is 1. The average molecular weight is 201 g/mol. The Morgan fingerprint density at radius 2 is 2.31 bits per heavy atom. The first-order chi connectivity index (χ1) is 6.06. The standard InChI is InChI=1S/C8H11NO3S/c1-4(12-3)7-9-6(8(10)11)5(2)13-7/h4H,1-3H3,(H,10,11). The van der Waals surface area contributed by atoms with Gasteiger partial charge < -0.3 is 9.84 Å². The summed E-state index contributed by atoms with van der Waals surface area (Å²) in [5.74, 6) is -0.983. The Kier molecular flexibility index (Phi) is 3.00. The molecule has 0 aromatic carbocycles. The van der Waals surface area contributed by atoms with Crippen molar-refractivity contribution < 1.29 is 14.6 Å². The molecule has 1 N–H and O–H groups in total. The smallest absolute Gasteiger partial charge is 0.355 e. The third kappa shape index (κ3) is 2.05. The van der Waals surface area contributed by atoms with Crippen molar-refractivity contribution in [3.8, 4) is 0 Å². The van der Waals surface area contributed by atoms with Crippen molar-refractivity contribution in [3.05, 3.63) is 15.6 Å². The second-order valence-corrected chi connectivity index (χ2v) is 3.87. The average Bonchev–Trinajstić information content (AvgIpc) is 2.46. The summed E-state index contributed by atoms with van der Waals surface area (Å²) in [7, 11) is 1.57.